The minimum Gasteiger partial charge on any atom is -1.00 e. The average molecular weight is 269 g/mol. The van der Waals surface area contributed by atoms with E-state index in [9.17, 15) is 0 Å². The fourth-order valence-corrected chi connectivity index (χ4v) is 0. The Labute approximate surface area is 62.3 Å². The molecular weight excluding hydrogens is 267 g/mol. The molecule has 0 fully saturated rings. The van der Waals surface area contributed by atoms with Crippen molar-refractivity contribution in [2.45, 2.75) is 0 Å². The van der Waals surface area contributed by atoms with E-state index in [1.54, 1.807) is 0 Å². The van der Waals surface area contributed by atoms with Gasteiger partial charge in [0.1, 0.15) is 0 Å². The van der Waals surface area contributed by atoms with E-state index in [1.807, 2.05) is 0 Å². The molecule has 0 aromatic rings. The Morgan fingerprint density at radius 1 is 1.00 bits per heavy atom. The zero-order valence-electron chi connectivity index (χ0n) is 1.48. The van der Waals surface area contributed by atoms with E-state index in [2.05, 4.69) is 0 Å². The first-order valence-electron chi connectivity index (χ1n) is 0. The number of halogens is 1. The van der Waals surface area contributed by atoms with Crippen molar-refractivity contribution >= 4 is 0 Å². The van der Waals surface area contributed by atoms with Crippen LogP contribution in [0.2, 0.25) is 0 Å². The molecule has 0 rings (SSSR count). The average Bonchev–Trinajstić information content (AvgIpc) is 0. The summed E-state index contributed by atoms with van der Waals surface area (Å²) in [4.78, 5) is 0. The van der Waals surface area contributed by atoms with Gasteiger partial charge in [-0.05, 0) is 0 Å². The van der Waals surface area contributed by atoms with Gasteiger partial charge in [0.2, 0.25) is 0 Å². The summed E-state index contributed by atoms with van der Waals surface area (Å²) in [6.45, 7) is 0. The Balaban J connectivity index is 0. The van der Waals surface area contributed by atoms with E-state index in [1.165, 1.54) is 0 Å². The Bertz CT molecular complexity index is 6.00. The minimum atomic E-state index is 0. The fourth-order valence-electron chi connectivity index (χ4n) is 0. The standard InChI is InChI=1S/2Ag.ClH.H2O/h;;1H;1H2/q;+1;;/p-1. The predicted octanol–water partition coefficient (Wildman–Crippen LogP) is -3.83. The smallest absolute Gasteiger partial charge is 1.00 e. The molecule has 4 heteroatoms. The Morgan fingerprint density at radius 2 is 1.00 bits per heavy atom. The van der Waals surface area contributed by atoms with Gasteiger partial charge in [-0.2, -0.15) is 0 Å². The molecular formula is H2Ag2ClO. The molecule has 0 heterocycles. The largest absolute Gasteiger partial charge is 1.00 e. The second-order valence-electron chi connectivity index (χ2n) is 0. The number of hydrogen-bond donors (Lipinski definition) is 0. The van der Waals surface area contributed by atoms with Crippen LogP contribution in [0.25, 0.3) is 0 Å². The van der Waals surface area contributed by atoms with Gasteiger partial charge >= 0.3 is 22.4 Å². The van der Waals surface area contributed by atoms with Gasteiger partial charge in [-0.25, -0.2) is 0 Å². The molecule has 0 saturated carbocycles. The monoisotopic (exact) mass is 267 g/mol. The van der Waals surface area contributed by atoms with Crippen molar-refractivity contribution in [3.05, 3.63) is 0 Å². The summed E-state index contributed by atoms with van der Waals surface area (Å²) in [5, 5.41) is 0. The van der Waals surface area contributed by atoms with Crippen LogP contribution in [0.3, 0.4) is 0 Å². The first-order valence-corrected chi connectivity index (χ1v) is 0. The van der Waals surface area contributed by atoms with Crippen LogP contribution in [0.4, 0.5) is 0 Å². The van der Waals surface area contributed by atoms with Crippen LogP contribution in [0.5, 0.6) is 0 Å². The molecule has 0 spiro atoms. The van der Waals surface area contributed by atoms with Crippen molar-refractivity contribution in [1.82, 2.24) is 0 Å². The quantitative estimate of drug-likeness (QED) is 0.404. The molecule has 0 aliphatic heterocycles. The summed E-state index contributed by atoms with van der Waals surface area (Å²) < 4.78 is 0. The van der Waals surface area contributed by atoms with Gasteiger partial charge in [0.25, 0.3) is 0 Å². The van der Waals surface area contributed by atoms with Crippen molar-refractivity contribution < 1.29 is 62.6 Å². The summed E-state index contributed by atoms with van der Waals surface area (Å²) in [5.74, 6) is 0. The summed E-state index contributed by atoms with van der Waals surface area (Å²) in [7, 11) is 0. The van der Waals surface area contributed by atoms with Crippen LogP contribution in [0.15, 0.2) is 0 Å². The topological polar surface area (TPSA) is 31.5 Å². The third-order valence-electron chi connectivity index (χ3n) is 0. The molecule has 0 unspecified atom stereocenters. The van der Waals surface area contributed by atoms with Gasteiger partial charge in [-0.1, -0.05) is 0 Å². The van der Waals surface area contributed by atoms with Crippen molar-refractivity contribution in [3.63, 3.8) is 0 Å². The SMILES string of the molecule is O.[Ag+].[Ag].[Cl-]. The van der Waals surface area contributed by atoms with Crippen LogP contribution in [0.1, 0.15) is 0 Å². The molecule has 0 atom stereocenters. The molecule has 2 N–H and O–H groups in total. The molecule has 0 aliphatic carbocycles. The third kappa shape index (κ3) is 9.29. The second kappa shape index (κ2) is 22.0. The summed E-state index contributed by atoms with van der Waals surface area (Å²) in [6.07, 6.45) is 0. The molecule has 1 radical (unpaired) electrons. The van der Waals surface area contributed by atoms with Gasteiger partial charge in [0.05, 0.1) is 0 Å². The Kier molecular flexibility index (Phi) is 235. The second-order valence-corrected chi connectivity index (χ2v) is 0. The maximum atomic E-state index is 0. The molecule has 0 aliphatic rings. The predicted molar refractivity (Wildman–Crippen MR) is 3.61 cm³/mol. The summed E-state index contributed by atoms with van der Waals surface area (Å²) in [6, 6.07) is 0. The molecule has 0 aromatic carbocycles. The van der Waals surface area contributed by atoms with Crippen molar-refractivity contribution in [1.29, 1.82) is 0 Å². The first-order chi connectivity index (χ1) is 0. The number of hydrogen-bond acceptors (Lipinski definition) is 0. The zero-order chi connectivity index (χ0) is 0. The molecule has 4 heavy (non-hydrogen) atoms. The third-order valence-corrected chi connectivity index (χ3v) is 0. The van der Waals surface area contributed by atoms with Gasteiger partial charge < -0.3 is 17.9 Å². The van der Waals surface area contributed by atoms with Gasteiger partial charge in [0, 0.05) is 22.4 Å². The van der Waals surface area contributed by atoms with Crippen LogP contribution in [-0.2, 0) is 44.8 Å². The van der Waals surface area contributed by atoms with E-state index >= 15 is 0 Å². The fraction of sp³-hybridized carbons (Fsp3) is 0. The number of rotatable bonds is 0. The van der Waals surface area contributed by atoms with E-state index in [0.29, 0.717) is 0 Å². The van der Waals surface area contributed by atoms with Crippen molar-refractivity contribution in [2.24, 2.45) is 0 Å². The Morgan fingerprint density at radius 3 is 1.00 bits per heavy atom. The van der Waals surface area contributed by atoms with E-state index in [0.717, 1.165) is 0 Å². The van der Waals surface area contributed by atoms with E-state index < -0.39 is 0 Å². The molecule has 0 amide bonds. The Hall–Kier alpha value is 1.73. The van der Waals surface area contributed by atoms with E-state index in [-0.39, 0.29) is 62.6 Å². The molecule has 0 aromatic heterocycles. The van der Waals surface area contributed by atoms with Crippen molar-refractivity contribution in [2.75, 3.05) is 0 Å². The summed E-state index contributed by atoms with van der Waals surface area (Å²) in [5.41, 5.74) is 0. The molecule has 37 valence electrons. The van der Waals surface area contributed by atoms with Gasteiger partial charge in [-0.15, -0.1) is 0 Å². The minimum absolute atomic E-state index is 0. The normalized spacial score (nSPS) is 0. The van der Waals surface area contributed by atoms with Gasteiger partial charge in [0.15, 0.2) is 0 Å². The van der Waals surface area contributed by atoms with Crippen molar-refractivity contribution in [3.8, 4) is 0 Å². The van der Waals surface area contributed by atoms with Gasteiger partial charge in [-0.3, -0.25) is 0 Å². The maximum absolute atomic E-state index is 0. The zero-order valence-corrected chi connectivity index (χ0v) is 5.20. The molecule has 0 saturated heterocycles. The van der Waals surface area contributed by atoms with Crippen LogP contribution in [-0.4, -0.2) is 5.48 Å². The summed E-state index contributed by atoms with van der Waals surface area (Å²) >= 11 is 0. The molecule has 0 bridgehead atoms. The van der Waals surface area contributed by atoms with E-state index in [4.69, 9.17) is 0 Å². The van der Waals surface area contributed by atoms with Crippen LogP contribution in [0, 0.1) is 0 Å². The van der Waals surface area contributed by atoms with Crippen LogP contribution < -0.4 is 12.4 Å². The first kappa shape index (κ1) is 42.8. The molecule has 1 nitrogen and oxygen atoms in total. The maximum Gasteiger partial charge on any atom is 1.00 e. The van der Waals surface area contributed by atoms with Crippen LogP contribution >= 0.6 is 0 Å².